The van der Waals surface area contributed by atoms with Crippen molar-refractivity contribution in [2.75, 3.05) is 52.1 Å². The van der Waals surface area contributed by atoms with E-state index in [0.29, 0.717) is 12.2 Å². The maximum atomic E-state index is 12.2. The molecule has 0 aromatic heterocycles. The summed E-state index contributed by atoms with van der Waals surface area (Å²) in [5, 5.41) is 12.6. The molecule has 1 fully saturated rings. The van der Waals surface area contributed by atoms with Crippen LogP contribution in [0.4, 0.5) is 5.69 Å². The molecular formula is C15H24ClN3O2. The number of quaternary nitrogens is 1. The van der Waals surface area contributed by atoms with E-state index in [0.717, 1.165) is 36.2 Å². The third kappa shape index (κ3) is 4.88. The summed E-state index contributed by atoms with van der Waals surface area (Å²) in [5.41, 5.74) is 1.46. The first kappa shape index (κ1) is 17.8. The first-order chi connectivity index (χ1) is 9.38. The zero-order valence-electron chi connectivity index (χ0n) is 12.9. The van der Waals surface area contributed by atoms with Crippen LogP contribution in [0.2, 0.25) is 0 Å². The molecule has 0 radical (unpaired) electrons. The lowest BCUT2D eigenvalue weighted by Crippen LogP contribution is -3.00. The third-order valence-electron chi connectivity index (χ3n) is 4.00. The number of carbonyl (C=O) groups is 1. The summed E-state index contributed by atoms with van der Waals surface area (Å²) in [6, 6.07) is 5.27. The second-order valence-electron chi connectivity index (χ2n) is 6.10. The fourth-order valence-electron chi connectivity index (χ4n) is 2.49. The minimum absolute atomic E-state index is 0. The molecule has 1 aromatic carbocycles. The maximum Gasteiger partial charge on any atom is 0.279 e. The highest BCUT2D eigenvalue weighted by atomic mass is 35.5. The number of carbonyl (C=O) groups excluding carboxylic acids is 1. The average molecular weight is 314 g/mol. The monoisotopic (exact) mass is 313 g/mol. The Balaban J connectivity index is 0.00000220. The number of amides is 1. The molecule has 118 valence electrons. The number of anilines is 1. The number of halogens is 1. The van der Waals surface area contributed by atoms with Crippen LogP contribution in [0.1, 0.15) is 5.56 Å². The van der Waals surface area contributed by atoms with E-state index in [1.54, 1.807) is 12.1 Å². The summed E-state index contributed by atoms with van der Waals surface area (Å²) in [7, 11) is 4.22. The molecule has 0 spiro atoms. The van der Waals surface area contributed by atoms with Crippen LogP contribution in [0.3, 0.4) is 0 Å². The molecule has 1 heterocycles. The van der Waals surface area contributed by atoms with Crippen molar-refractivity contribution in [3.63, 3.8) is 0 Å². The second-order valence-corrected chi connectivity index (χ2v) is 6.10. The van der Waals surface area contributed by atoms with Gasteiger partial charge in [-0.1, -0.05) is 6.07 Å². The van der Waals surface area contributed by atoms with Crippen molar-refractivity contribution in [1.29, 1.82) is 0 Å². The second kappa shape index (κ2) is 7.11. The Morgan fingerprint density at radius 1 is 1.38 bits per heavy atom. The molecule has 0 saturated carbocycles. The van der Waals surface area contributed by atoms with Crippen LogP contribution >= 0.6 is 0 Å². The van der Waals surface area contributed by atoms with Crippen LogP contribution in [-0.2, 0) is 4.79 Å². The fourth-order valence-corrected chi connectivity index (χ4v) is 2.49. The zero-order valence-corrected chi connectivity index (χ0v) is 13.7. The number of hydrogen-bond acceptors (Lipinski definition) is 3. The summed E-state index contributed by atoms with van der Waals surface area (Å²) < 4.78 is 0.753. The summed E-state index contributed by atoms with van der Waals surface area (Å²) in [6.45, 7) is 6.33. The van der Waals surface area contributed by atoms with Gasteiger partial charge < -0.3 is 27.3 Å². The highest BCUT2D eigenvalue weighted by molar-refractivity contribution is 5.93. The summed E-state index contributed by atoms with van der Waals surface area (Å²) in [6.07, 6.45) is 0. The van der Waals surface area contributed by atoms with E-state index in [2.05, 4.69) is 24.3 Å². The van der Waals surface area contributed by atoms with E-state index < -0.39 is 0 Å². The molecule has 0 atom stereocenters. The highest BCUT2D eigenvalue weighted by Gasteiger charge is 2.29. The molecule has 2 rings (SSSR count). The van der Waals surface area contributed by atoms with E-state index in [9.17, 15) is 9.90 Å². The van der Waals surface area contributed by atoms with Crippen molar-refractivity contribution in [2.24, 2.45) is 0 Å². The zero-order chi connectivity index (χ0) is 14.8. The topological polar surface area (TPSA) is 52.6 Å². The number of aryl methyl sites for hydroxylation is 1. The molecule has 5 nitrogen and oxygen atoms in total. The standard InChI is InChI=1S/C15H23N3O2.ClH/c1-12-4-5-13(14(19)10-12)16-15(20)11-18(3)8-6-17(2)7-9-18;/h4-5,10H,6-9,11H2,1-3H3,(H-,16,19,20);1H. The SMILES string of the molecule is Cc1ccc(NC(=O)C[N+]2(C)CCN(C)CC2)c(O)c1.[Cl-]. The van der Waals surface area contributed by atoms with Gasteiger partial charge in [0.2, 0.25) is 0 Å². The number of nitrogens with one attached hydrogen (secondary N) is 1. The van der Waals surface area contributed by atoms with E-state index in [-0.39, 0.29) is 24.1 Å². The largest absolute Gasteiger partial charge is 1.00 e. The van der Waals surface area contributed by atoms with Gasteiger partial charge in [0.25, 0.3) is 5.91 Å². The number of phenolic OH excluding ortho intramolecular Hbond substituents is 1. The first-order valence-electron chi connectivity index (χ1n) is 6.99. The number of hydrogen-bond donors (Lipinski definition) is 2. The van der Waals surface area contributed by atoms with Gasteiger partial charge in [-0.05, 0) is 31.7 Å². The lowest BCUT2D eigenvalue weighted by molar-refractivity contribution is -0.905. The predicted octanol–water partition coefficient (Wildman–Crippen LogP) is -1.96. The number of nitrogens with zero attached hydrogens (tertiary/aromatic N) is 2. The van der Waals surface area contributed by atoms with E-state index in [1.165, 1.54) is 0 Å². The Morgan fingerprint density at radius 3 is 2.57 bits per heavy atom. The molecule has 1 aliphatic rings. The number of phenols is 1. The van der Waals surface area contributed by atoms with Gasteiger partial charge in [0.15, 0.2) is 6.54 Å². The van der Waals surface area contributed by atoms with Crippen LogP contribution in [0.15, 0.2) is 18.2 Å². The van der Waals surface area contributed by atoms with Crippen LogP contribution in [0.25, 0.3) is 0 Å². The number of likely N-dealkylation sites (N-methyl/N-ethyl adjacent to an activating group) is 2. The Hall–Kier alpha value is -1.30. The number of rotatable bonds is 3. The molecule has 0 unspecified atom stereocenters. The van der Waals surface area contributed by atoms with E-state index in [1.807, 2.05) is 13.0 Å². The van der Waals surface area contributed by atoms with Gasteiger partial charge in [0.05, 0.1) is 25.8 Å². The molecule has 2 N–H and O–H groups in total. The number of aromatic hydroxyl groups is 1. The van der Waals surface area contributed by atoms with Gasteiger partial charge in [-0.3, -0.25) is 9.69 Å². The molecule has 1 saturated heterocycles. The van der Waals surface area contributed by atoms with Crippen molar-refractivity contribution in [3.8, 4) is 5.75 Å². The molecule has 0 bridgehead atoms. The molecule has 1 amide bonds. The molecule has 6 heteroatoms. The fraction of sp³-hybridized carbons (Fsp3) is 0.533. The number of benzene rings is 1. The smallest absolute Gasteiger partial charge is 0.279 e. The first-order valence-corrected chi connectivity index (χ1v) is 6.99. The van der Waals surface area contributed by atoms with Crippen molar-refractivity contribution in [2.45, 2.75) is 6.92 Å². The van der Waals surface area contributed by atoms with Crippen molar-refractivity contribution in [3.05, 3.63) is 23.8 Å². The summed E-state index contributed by atoms with van der Waals surface area (Å²) in [4.78, 5) is 14.4. The predicted molar refractivity (Wildman–Crippen MR) is 79.8 cm³/mol. The Kier molecular flexibility index (Phi) is 6.01. The summed E-state index contributed by atoms with van der Waals surface area (Å²) in [5.74, 6) is 0.0792. The molecule has 21 heavy (non-hydrogen) atoms. The van der Waals surface area contributed by atoms with Gasteiger partial charge in [-0.2, -0.15) is 0 Å². The molecule has 0 aliphatic carbocycles. The Morgan fingerprint density at radius 2 is 2.00 bits per heavy atom. The summed E-state index contributed by atoms with van der Waals surface area (Å²) >= 11 is 0. The van der Waals surface area contributed by atoms with Gasteiger partial charge >= 0.3 is 0 Å². The van der Waals surface area contributed by atoms with Gasteiger partial charge in [0, 0.05) is 13.1 Å². The highest BCUT2D eigenvalue weighted by Crippen LogP contribution is 2.24. The van der Waals surface area contributed by atoms with Gasteiger partial charge in [0.1, 0.15) is 5.75 Å². The van der Waals surface area contributed by atoms with Crippen molar-refractivity contribution in [1.82, 2.24) is 4.90 Å². The van der Waals surface area contributed by atoms with Gasteiger partial charge in [-0.15, -0.1) is 0 Å². The maximum absolute atomic E-state index is 12.2. The van der Waals surface area contributed by atoms with Gasteiger partial charge in [-0.25, -0.2) is 0 Å². The van der Waals surface area contributed by atoms with Crippen LogP contribution in [0.5, 0.6) is 5.75 Å². The Bertz CT molecular complexity index is 500. The van der Waals surface area contributed by atoms with Crippen LogP contribution in [0, 0.1) is 6.92 Å². The molecule has 1 aliphatic heterocycles. The van der Waals surface area contributed by atoms with Crippen LogP contribution < -0.4 is 17.7 Å². The van der Waals surface area contributed by atoms with E-state index in [4.69, 9.17) is 0 Å². The number of piperazine rings is 1. The third-order valence-corrected chi connectivity index (χ3v) is 4.00. The van der Waals surface area contributed by atoms with Crippen molar-refractivity contribution < 1.29 is 26.8 Å². The normalized spacial score (nSPS) is 17.9. The lowest BCUT2D eigenvalue weighted by Gasteiger charge is -2.40. The van der Waals surface area contributed by atoms with Crippen molar-refractivity contribution >= 4 is 11.6 Å². The quantitative estimate of drug-likeness (QED) is 0.503. The molecular weight excluding hydrogens is 290 g/mol. The minimum Gasteiger partial charge on any atom is -1.00 e. The minimum atomic E-state index is -0.0452. The lowest BCUT2D eigenvalue weighted by atomic mass is 10.2. The van der Waals surface area contributed by atoms with Crippen LogP contribution in [-0.4, -0.2) is 67.2 Å². The average Bonchev–Trinajstić information content (AvgIpc) is 2.37. The van der Waals surface area contributed by atoms with E-state index >= 15 is 0 Å². The molecule has 1 aromatic rings. The Labute approximate surface area is 132 Å².